The van der Waals surface area contributed by atoms with Gasteiger partial charge in [0.15, 0.2) is 6.10 Å². The highest BCUT2D eigenvalue weighted by Gasteiger charge is 2.70. The maximum absolute atomic E-state index is 13.2. The van der Waals surface area contributed by atoms with E-state index in [0.717, 1.165) is 30.4 Å². The normalized spacial score (nSPS) is 40.6. The number of carbonyl (C=O) groups is 1. The fourth-order valence-corrected chi connectivity index (χ4v) is 7.19. The van der Waals surface area contributed by atoms with Gasteiger partial charge >= 0.3 is 0 Å². The molecule has 4 fully saturated rings. The monoisotopic (exact) mass is 401 g/mol. The molecule has 0 N–H and O–H groups in total. The van der Waals surface area contributed by atoms with Crippen molar-refractivity contribution in [2.75, 3.05) is 4.90 Å². The zero-order valence-corrected chi connectivity index (χ0v) is 18.1. The first-order valence-electron chi connectivity index (χ1n) is 11.5. The Morgan fingerprint density at radius 2 is 1.60 bits per heavy atom. The number of para-hydroxylation sites is 1. The van der Waals surface area contributed by atoms with Crippen molar-refractivity contribution in [3.05, 3.63) is 66.2 Å². The van der Waals surface area contributed by atoms with Crippen LogP contribution >= 0.6 is 0 Å². The molecule has 3 heteroatoms. The standard InChI is InChI=1S/C27H31NO2/c1-26(2)21-15-20-19(14-17-10-6-4-7-11-17)23-24(30-27(20,3)16-22(21)26)25(29)28(23)18-12-8-5-9-13-18/h4-13,19-24H,14-16H2,1-3H3. The van der Waals surface area contributed by atoms with Crippen molar-refractivity contribution in [1.82, 2.24) is 0 Å². The van der Waals surface area contributed by atoms with E-state index in [1.807, 2.05) is 23.1 Å². The molecule has 2 aromatic rings. The van der Waals surface area contributed by atoms with Crippen LogP contribution in [0.1, 0.15) is 39.2 Å². The molecule has 0 aromatic heterocycles. The number of benzene rings is 2. The topological polar surface area (TPSA) is 29.5 Å². The summed E-state index contributed by atoms with van der Waals surface area (Å²) in [6, 6.07) is 21.1. The highest BCUT2D eigenvalue weighted by Crippen LogP contribution is 2.70. The third-order valence-corrected chi connectivity index (χ3v) is 8.99. The maximum atomic E-state index is 13.2. The molecule has 0 radical (unpaired) electrons. The highest BCUT2D eigenvalue weighted by molar-refractivity contribution is 6.05. The lowest BCUT2D eigenvalue weighted by molar-refractivity contribution is -0.218. The number of nitrogens with zero attached hydrogens (tertiary/aromatic N) is 1. The zero-order valence-electron chi connectivity index (χ0n) is 18.1. The summed E-state index contributed by atoms with van der Waals surface area (Å²) in [5.41, 5.74) is 2.61. The Labute approximate surface area is 179 Å². The molecule has 6 rings (SSSR count). The average Bonchev–Trinajstić information content (AvgIpc) is 3.27. The molecule has 2 saturated heterocycles. The fraction of sp³-hybridized carbons (Fsp3) is 0.519. The van der Waals surface area contributed by atoms with E-state index in [-0.39, 0.29) is 23.7 Å². The van der Waals surface area contributed by atoms with Gasteiger partial charge in [-0.15, -0.1) is 0 Å². The van der Waals surface area contributed by atoms with E-state index in [9.17, 15) is 4.79 Å². The summed E-state index contributed by atoms with van der Waals surface area (Å²) < 4.78 is 6.71. The molecule has 0 bridgehead atoms. The molecular weight excluding hydrogens is 370 g/mol. The van der Waals surface area contributed by atoms with Crippen LogP contribution in [0.2, 0.25) is 0 Å². The number of hydrogen-bond acceptors (Lipinski definition) is 2. The fourth-order valence-electron chi connectivity index (χ4n) is 7.19. The SMILES string of the molecule is CC12CC3C(CC1C(Cc1ccccc1)C1C(O2)C(=O)N1c1ccccc1)C3(C)C. The number of carbonyl (C=O) groups excluding carboxylic acids is 1. The molecule has 1 amide bonds. The number of hydrogen-bond donors (Lipinski definition) is 0. The van der Waals surface area contributed by atoms with Crippen LogP contribution in [-0.2, 0) is 16.0 Å². The van der Waals surface area contributed by atoms with Crippen LogP contribution in [0.4, 0.5) is 5.69 Å². The minimum atomic E-state index is -0.293. The first kappa shape index (κ1) is 18.6. The van der Waals surface area contributed by atoms with Gasteiger partial charge in [0.25, 0.3) is 5.91 Å². The molecule has 2 aromatic carbocycles. The summed E-state index contributed by atoms with van der Waals surface area (Å²) in [6.07, 6.45) is 3.05. The van der Waals surface area contributed by atoms with Crippen molar-refractivity contribution >= 4 is 11.6 Å². The first-order valence-corrected chi connectivity index (χ1v) is 11.5. The molecule has 2 aliphatic carbocycles. The van der Waals surface area contributed by atoms with Gasteiger partial charge < -0.3 is 9.64 Å². The molecule has 2 aliphatic heterocycles. The zero-order chi connectivity index (χ0) is 20.7. The highest BCUT2D eigenvalue weighted by atomic mass is 16.5. The average molecular weight is 402 g/mol. The van der Waals surface area contributed by atoms with Crippen LogP contribution in [0.15, 0.2) is 60.7 Å². The van der Waals surface area contributed by atoms with E-state index in [2.05, 4.69) is 63.2 Å². The van der Waals surface area contributed by atoms with Crippen LogP contribution in [0, 0.1) is 29.1 Å². The van der Waals surface area contributed by atoms with Gasteiger partial charge in [0, 0.05) is 5.69 Å². The Hall–Kier alpha value is -2.13. The smallest absolute Gasteiger partial charge is 0.258 e. The molecule has 156 valence electrons. The lowest BCUT2D eigenvalue weighted by atomic mass is 9.61. The lowest BCUT2D eigenvalue weighted by Gasteiger charge is -2.62. The second-order valence-corrected chi connectivity index (χ2v) is 10.8. The summed E-state index contributed by atoms with van der Waals surface area (Å²) in [5, 5.41) is 0. The Balaban J connectivity index is 1.40. The molecule has 4 aliphatic rings. The molecule has 2 saturated carbocycles. The lowest BCUT2D eigenvalue weighted by Crippen LogP contribution is -2.76. The Bertz CT molecular complexity index is 971. The van der Waals surface area contributed by atoms with Gasteiger partial charge in [0.1, 0.15) is 0 Å². The van der Waals surface area contributed by atoms with Crippen LogP contribution in [-0.4, -0.2) is 23.7 Å². The van der Waals surface area contributed by atoms with Crippen molar-refractivity contribution in [2.24, 2.45) is 29.1 Å². The Morgan fingerprint density at radius 3 is 2.30 bits per heavy atom. The van der Waals surface area contributed by atoms with Gasteiger partial charge in [-0.1, -0.05) is 62.4 Å². The number of β-lactam (4-membered cyclic amide) rings is 1. The van der Waals surface area contributed by atoms with Crippen LogP contribution in [0.3, 0.4) is 0 Å². The second-order valence-electron chi connectivity index (χ2n) is 10.8. The van der Waals surface area contributed by atoms with Crippen LogP contribution in [0.25, 0.3) is 0 Å². The Kier molecular flexibility index (Phi) is 3.85. The maximum Gasteiger partial charge on any atom is 0.258 e. The number of rotatable bonds is 3. The predicted octanol–water partition coefficient (Wildman–Crippen LogP) is 5.10. The van der Waals surface area contributed by atoms with Crippen LogP contribution in [0.5, 0.6) is 0 Å². The summed E-state index contributed by atoms with van der Waals surface area (Å²) in [7, 11) is 0. The van der Waals surface area contributed by atoms with Crippen molar-refractivity contribution in [1.29, 1.82) is 0 Å². The van der Waals surface area contributed by atoms with Crippen LogP contribution < -0.4 is 4.90 Å². The van der Waals surface area contributed by atoms with E-state index in [1.165, 1.54) is 12.0 Å². The second kappa shape index (κ2) is 6.20. The summed E-state index contributed by atoms with van der Waals surface area (Å²) >= 11 is 0. The summed E-state index contributed by atoms with van der Waals surface area (Å²) in [5.74, 6) is 2.59. The molecule has 2 heterocycles. The molecular formula is C27H31NO2. The van der Waals surface area contributed by atoms with Gasteiger partial charge in [-0.3, -0.25) is 4.79 Å². The predicted molar refractivity (Wildman–Crippen MR) is 118 cm³/mol. The van der Waals surface area contributed by atoms with Gasteiger partial charge in [0.05, 0.1) is 11.6 Å². The van der Waals surface area contributed by atoms with Crippen molar-refractivity contribution < 1.29 is 9.53 Å². The van der Waals surface area contributed by atoms with Gasteiger partial charge in [-0.2, -0.15) is 0 Å². The minimum Gasteiger partial charge on any atom is -0.360 e. The first-order chi connectivity index (χ1) is 14.4. The van der Waals surface area contributed by atoms with Gasteiger partial charge in [-0.05, 0) is 73.0 Å². The van der Waals surface area contributed by atoms with E-state index in [1.54, 1.807) is 0 Å². The third kappa shape index (κ3) is 2.51. The summed E-state index contributed by atoms with van der Waals surface area (Å²) in [6.45, 7) is 7.14. The minimum absolute atomic E-state index is 0.136. The van der Waals surface area contributed by atoms with Crippen molar-refractivity contribution in [2.45, 2.75) is 57.8 Å². The van der Waals surface area contributed by atoms with E-state index >= 15 is 0 Å². The number of anilines is 1. The molecule has 30 heavy (non-hydrogen) atoms. The quantitative estimate of drug-likeness (QED) is 0.670. The van der Waals surface area contributed by atoms with E-state index in [4.69, 9.17) is 4.74 Å². The third-order valence-electron chi connectivity index (χ3n) is 8.99. The molecule has 0 spiro atoms. The van der Waals surface area contributed by atoms with Gasteiger partial charge in [0.2, 0.25) is 0 Å². The molecule has 7 atom stereocenters. The van der Waals surface area contributed by atoms with E-state index in [0.29, 0.717) is 17.3 Å². The molecule has 7 unspecified atom stereocenters. The number of fused-ring (bicyclic) bond motifs is 3. The van der Waals surface area contributed by atoms with Crippen molar-refractivity contribution in [3.8, 4) is 0 Å². The van der Waals surface area contributed by atoms with E-state index < -0.39 is 0 Å². The van der Waals surface area contributed by atoms with Crippen molar-refractivity contribution in [3.63, 3.8) is 0 Å². The largest absolute Gasteiger partial charge is 0.360 e. The number of amides is 1. The number of ether oxygens (including phenoxy) is 1. The summed E-state index contributed by atoms with van der Waals surface area (Å²) in [4.78, 5) is 15.3. The molecule has 3 nitrogen and oxygen atoms in total. The Morgan fingerprint density at radius 1 is 0.933 bits per heavy atom. The van der Waals surface area contributed by atoms with Gasteiger partial charge in [-0.25, -0.2) is 0 Å².